The Morgan fingerprint density at radius 2 is 1.77 bits per heavy atom. The van der Waals surface area contributed by atoms with Crippen molar-refractivity contribution in [1.29, 1.82) is 0 Å². The molecule has 3 N–H and O–H groups in total. The molecule has 0 atom stereocenters. The number of amides is 2. The van der Waals surface area contributed by atoms with Gasteiger partial charge in [-0.1, -0.05) is 32.3 Å². The number of carbonyl (C=O) groups is 2. The maximum atomic E-state index is 12.5. The Bertz CT molecular complexity index is 830. The van der Waals surface area contributed by atoms with E-state index >= 15 is 0 Å². The zero-order valence-electron chi connectivity index (χ0n) is 17.6. The van der Waals surface area contributed by atoms with E-state index in [1.165, 1.54) is 19.3 Å². The fourth-order valence-corrected chi connectivity index (χ4v) is 3.53. The summed E-state index contributed by atoms with van der Waals surface area (Å²) in [5.41, 5.74) is 2.02. The summed E-state index contributed by atoms with van der Waals surface area (Å²) in [6.45, 7) is 2.88. The third kappa shape index (κ3) is 6.79. The lowest BCUT2D eigenvalue weighted by atomic mass is 9.95. The van der Waals surface area contributed by atoms with E-state index in [1.807, 2.05) is 24.3 Å². The highest BCUT2D eigenvalue weighted by Crippen LogP contribution is 2.19. The van der Waals surface area contributed by atoms with Crippen molar-refractivity contribution in [2.45, 2.75) is 51.5 Å². The highest BCUT2D eigenvalue weighted by atomic mass is 16.5. The zero-order valence-corrected chi connectivity index (χ0v) is 17.6. The molecule has 0 saturated heterocycles. The number of benzene rings is 2. The summed E-state index contributed by atoms with van der Waals surface area (Å²) < 4.78 is 5.55. The average molecular weight is 410 g/mol. The highest BCUT2D eigenvalue weighted by molar-refractivity contribution is 5.98. The molecule has 1 saturated carbocycles. The Balaban J connectivity index is 1.47. The van der Waals surface area contributed by atoms with Crippen LogP contribution in [0.5, 0.6) is 5.75 Å². The molecule has 1 aliphatic carbocycles. The van der Waals surface area contributed by atoms with Crippen LogP contribution in [-0.4, -0.2) is 31.0 Å². The number of hydrogen-bond donors (Lipinski definition) is 3. The molecule has 6 nitrogen and oxygen atoms in total. The molecule has 6 heteroatoms. The lowest BCUT2D eigenvalue weighted by Gasteiger charge is -2.22. The number of hydrogen-bond acceptors (Lipinski definition) is 4. The second-order valence-corrected chi connectivity index (χ2v) is 7.66. The van der Waals surface area contributed by atoms with Gasteiger partial charge < -0.3 is 20.7 Å². The summed E-state index contributed by atoms with van der Waals surface area (Å²) in [6, 6.07) is 14.8. The van der Waals surface area contributed by atoms with Crippen molar-refractivity contribution in [2.24, 2.45) is 0 Å². The molecule has 0 spiro atoms. The van der Waals surface area contributed by atoms with Gasteiger partial charge in [-0.15, -0.1) is 0 Å². The largest absolute Gasteiger partial charge is 0.494 e. The topological polar surface area (TPSA) is 79.5 Å². The first-order valence-corrected chi connectivity index (χ1v) is 10.8. The minimum atomic E-state index is -0.175. The van der Waals surface area contributed by atoms with Crippen LogP contribution in [0.15, 0.2) is 48.5 Å². The predicted octanol–water partition coefficient (Wildman–Crippen LogP) is 4.59. The van der Waals surface area contributed by atoms with Crippen molar-refractivity contribution in [3.63, 3.8) is 0 Å². The number of nitrogens with one attached hydrogen (secondary N) is 3. The number of carbonyl (C=O) groups excluding carboxylic acids is 2. The van der Waals surface area contributed by atoms with Crippen molar-refractivity contribution < 1.29 is 14.3 Å². The van der Waals surface area contributed by atoms with Gasteiger partial charge in [0.1, 0.15) is 5.75 Å². The SMILES string of the molecule is CCCOc1ccc(NCC(=O)Nc2cccc(C(=O)NC3CCCCC3)c2)cc1. The molecule has 3 rings (SSSR count). The monoisotopic (exact) mass is 409 g/mol. The smallest absolute Gasteiger partial charge is 0.251 e. The highest BCUT2D eigenvalue weighted by Gasteiger charge is 2.17. The van der Waals surface area contributed by atoms with Crippen LogP contribution in [0.2, 0.25) is 0 Å². The van der Waals surface area contributed by atoms with Gasteiger partial charge in [0.05, 0.1) is 13.2 Å². The first-order chi connectivity index (χ1) is 14.6. The van der Waals surface area contributed by atoms with Crippen LogP contribution in [0, 0.1) is 0 Å². The van der Waals surface area contributed by atoms with Gasteiger partial charge in [-0.2, -0.15) is 0 Å². The van der Waals surface area contributed by atoms with Crippen molar-refractivity contribution in [1.82, 2.24) is 5.32 Å². The van der Waals surface area contributed by atoms with E-state index < -0.39 is 0 Å². The molecule has 0 aromatic heterocycles. The van der Waals surface area contributed by atoms with Gasteiger partial charge in [0.2, 0.25) is 5.91 Å². The van der Waals surface area contributed by atoms with Crippen LogP contribution in [0.3, 0.4) is 0 Å². The number of rotatable bonds is 9. The number of ether oxygens (including phenoxy) is 1. The fourth-order valence-electron chi connectivity index (χ4n) is 3.53. The van der Waals surface area contributed by atoms with Crippen LogP contribution in [0.4, 0.5) is 11.4 Å². The maximum Gasteiger partial charge on any atom is 0.251 e. The van der Waals surface area contributed by atoms with E-state index in [-0.39, 0.29) is 24.4 Å². The Kier molecular flexibility index (Phi) is 8.12. The average Bonchev–Trinajstić information content (AvgIpc) is 2.78. The lowest BCUT2D eigenvalue weighted by Crippen LogP contribution is -2.36. The molecule has 30 heavy (non-hydrogen) atoms. The van der Waals surface area contributed by atoms with Gasteiger partial charge in [0, 0.05) is 23.0 Å². The summed E-state index contributed by atoms with van der Waals surface area (Å²) in [5.74, 6) is 0.558. The molecule has 0 unspecified atom stereocenters. The molecule has 2 aromatic carbocycles. The molecular weight excluding hydrogens is 378 g/mol. The normalized spacial score (nSPS) is 14.0. The van der Waals surface area contributed by atoms with Crippen LogP contribution in [-0.2, 0) is 4.79 Å². The molecule has 0 bridgehead atoms. The first kappa shape index (κ1) is 21.7. The molecule has 0 radical (unpaired) electrons. The van der Waals surface area contributed by atoms with Gasteiger partial charge in [0.25, 0.3) is 5.91 Å². The summed E-state index contributed by atoms with van der Waals surface area (Å²) >= 11 is 0. The van der Waals surface area contributed by atoms with Gasteiger partial charge in [-0.05, 0) is 61.7 Å². The van der Waals surface area contributed by atoms with Crippen molar-refractivity contribution >= 4 is 23.2 Å². The third-order valence-corrected chi connectivity index (χ3v) is 5.13. The van der Waals surface area contributed by atoms with E-state index in [2.05, 4.69) is 22.9 Å². The Labute approximate surface area is 178 Å². The maximum absolute atomic E-state index is 12.5. The van der Waals surface area contributed by atoms with Crippen LogP contribution in [0.1, 0.15) is 55.8 Å². The first-order valence-electron chi connectivity index (χ1n) is 10.8. The van der Waals surface area contributed by atoms with Crippen molar-refractivity contribution in [2.75, 3.05) is 23.8 Å². The summed E-state index contributed by atoms with van der Waals surface area (Å²) in [5, 5.41) is 9.04. The summed E-state index contributed by atoms with van der Waals surface area (Å²) in [4.78, 5) is 24.8. The Morgan fingerprint density at radius 3 is 2.50 bits per heavy atom. The lowest BCUT2D eigenvalue weighted by molar-refractivity contribution is -0.114. The van der Waals surface area contributed by atoms with Gasteiger partial charge in [-0.25, -0.2) is 0 Å². The minimum Gasteiger partial charge on any atom is -0.494 e. The second kappa shape index (κ2) is 11.2. The molecule has 0 aliphatic heterocycles. The minimum absolute atomic E-state index is 0.0819. The van der Waals surface area contributed by atoms with Gasteiger partial charge >= 0.3 is 0 Å². The third-order valence-electron chi connectivity index (χ3n) is 5.13. The van der Waals surface area contributed by atoms with E-state index in [0.717, 1.165) is 30.7 Å². The van der Waals surface area contributed by atoms with Crippen LogP contribution in [0.25, 0.3) is 0 Å². The van der Waals surface area contributed by atoms with Crippen molar-refractivity contribution in [3.8, 4) is 5.75 Å². The van der Waals surface area contributed by atoms with Crippen molar-refractivity contribution in [3.05, 3.63) is 54.1 Å². The van der Waals surface area contributed by atoms with E-state index in [1.54, 1.807) is 24.3 Å². The van der Waals surface area contributed by atoms with Crippen LogP contribution >= 0.6 is 0 Å². The molecule has 160 valence electrons. The Morgan fingerprint density at radius 1 is 1.00 bits per heavy atom. The predicted molar refractivity (Wildman–Crippen MR) is 120 cm³/mol. The molecular formula is C24H31N3O3. The molecule has 1 aliphatic rings. The van der Waals surface area contributed by atoms with Crippen LogP contribution < -0.4 is 20.7 Å². The molecule has 1 fully saturated rings. The quantitative estimate of drug-likeness (QED) is 0.566. The fraction of sp³-hybridized carbons (Fsp3) is 0.417. The summed E-state index contributed by atoms with van der Waals surface area (Å²) in [6.07, 6.45) is 6.63. The van der Waals surface area contributed by atoms with E-state index in [9.17, 15) is 9.59 Å². The molecule has 2 aromatic rings. The van der Waals surface area contributed by atoms with Gasteiger partial charge in [-0.3, -0.25) is 9.59 Å². The van der Waals surface area contributed by atoms with Gasteiger partial charge in [0.15, 0.2) is 0 Å². The molecule has 0 heterocycles. The zero-order chi connectivity index (χ0) is 21.2. The number of anilines is 2. The summed E-state index contributed by atoms with van der Waals surface area (Å²) in [7, 11) is 0. The van der Waals surface area contributed by atoms with E-state index in [0.29, 0.717) is 17.9 Å². The standard InChI is InChI=1S/C24H31N3O3/c1-2-15-30-22-13-11-19(12-14-22)25-17-23(28)26-21-10-6-7-18(16-21)24(29)27-20-8-4-3-5-9-20/h6-7,10-14,16,20,25H,2-5,8-9,15,17H2,1H3,(H,26,28)(H,27,29). The van der Waals surface area contributed by atoms with E-state index in [4.69, 9.17) is 4.74 Å². The Hall–Kier alpha value is -3.02. The molecule has 2 amide bonds. The second-order valence-electron chi connectivity index (χ2n) is 7.66.